The minimum atomic E-state index is -0.188. The van der Waals surface area contributed by atoms with Gasteiger partial charge in [0.15, 0.2) is 6.61 Å². The molecular formula is C15H15N3O3. The Bertz CT molecular complexity index is 659. The van der Waals surface area contributed by atoms with Crippen LogP contribution in [0.5, 0.6) is 11.5 Å². The summed E-state index contributed by atoms with van der Waals surface area (Å²) in [5, 5.41) is 2.72. The van der Waals surface area contributed by atoms with Crippen LogP contribution < -0.4 is 20.5 Å². The molecule has 1 aromatic carbocycles. The summed E-state index contributed by atoms with van der Waals surface area (Å²) in [6, 6.07) is 9.08. The van der Waals surface area contributed by atoms with E-state index in [4.69, 9.17) is 15.2 Å². The van der Waals surface area contributed by atoms with E-state index < -0.39 is 0 Å². The van der Waals surface area contributed by atoms with Crippen LogP contribution in [-0.2, 0) is 11.2 Å². The summed E-state index contributed by atoms with van der Waals surface area (Å²) in [5.41, 5.74) is 7.93. The van der Waals surface area contributed by atoms with Gasteiger partial charge < -0.3 is 20.5 Å². The third kappa shape index (κ3) is 3.05. The highest BCUT2D eigenvalue weighted by Crippen LogP contribution is 2.36. The van der Waals surface area contributed by atoms with Gasteiger partial charge in [0.05, 0.1) is 18.0 Å². The maximum Gasteiger partial charge on any atom is 0.262 e. The zero-order chi connectivity index (χ0) is 14.7. The van der Waals surface area contributed by atoms with Crippen molar-refractivity contribution in [2.75, 3.05) is 24.3 Å². The number of aromatic nitrogens is 1. The number of nitrogens with one attached hydrogen (secondary N) is 1. The van der Waals surface area contributed by atoms with Crippen molar-refractivity contribution in [1.82, 2.24) is 4.98 Å². The summed E-state index contributed by atoms with van der Waals surface area (Å²) in [4.78, 5) is 15.5. The maximum absolute atomic E-state index is 11.3. The average Bonchev–Trinajstić information content (AvgIpc) is 2.49. The predicted molar refractivity (Wildman–Crippen MR) is 78.4 cm³/mol. The van der Waals surface area contributed by atoms with Crippen molar-refractivity contribution in [2.24, 2.45) is 0 Å². The van der Waals surface area contributed by atoms with Crippen LogP contribution in [0.3, 0.4) is 0 Å². The number of carbonyl (C=O) groups is 1. The summed E-state index contributed by atoms with van der Waals surface area (Å²) in [5.74, 6) is 0.895. The Morgan fingerprint density at radius 1 is 1.38 bits per heavy atom. The van der Waals surface area contributed by atoms with E-state index in [1.54, 1.807) is 18.3 Å². The number of hydrogen-bond donors (Lipinski definition) is 2. The van der Waals surface area contributed by atoms with E-state index in [-0.39, 0.29) is 12.5 Å². The molecule has 0 atom stereocenters. The van der Waals surface area contributed by atoms with Gasteiger partial charge in [0.25, 0.3) is 5.91 Å². The van der Waals surface area contributed by atoms with Crippen LogP contribution >= 0.6 is 0 Å². The molecular weight excluding hydrogens is 270 g/mol. The molecule has 0 radical (unpaired) electrons. The number of nitrogens with zero attached hydrogens (tertiary/aromatic N) is 1. The number of nitrogen functional groups attached to an aromatic ring is 1. The predicted octanol–water partition coefficient (Wildman–Crippen LogP) is 1.62. The first kappa shape index (κ1) is 13.2. The van der Waals surface area contributed by atoms with Crippen molar-refractivity contribution >= 4 is 17.3 Å². The lowest BCUT2D eigenvalue weighted by molar-refractivity contribution is -0.118. The molecule has 0 spiro atoms. The molecule has 21 heavy (non-hydrogen) atoms. The lowest BCUT2D eigenvalue weighted by atomic mass is 10.2. The van der Waals surface area contributed by atoms with Crippen molar-refractivity contribution in [3.05, 3.63) is 42.2 Å². The van der Waals surface area contributed by atoms with E-state index in [2.05, 4.69) is 10.3 Å². The first-order valence-corrected chi connectivity index (χ1v) is 6.61. The molecule has 1 aliphatic rings. The summed E-state index contributed by atoms with van der Waals surface area (Å²) >= 11 is 0. The van der Waals surface area contributed by atoms with Crippen LogP contribution in [-0.4, -0.2) is 24.1 Å². The summed E-state index contributed by atoms with van der Waals surface area (Å²) in [7, 11) is 0. The highest BCUT2D eigenvalue weighted by atomic mass is 16.5. The van der Waals surface area contributed by atoms with Crippen LogP contribution in [0.25, 0.3) is 0 Å². The van der Waals surface area contributed by atoms with Crippen molar-refractivity contribution in [2.45, 2.75) is 6.42 Å². The highest BCUT2D eigenvalue weighted by Gasteiger charge is 2.18. The molecule has 2 aromatic rings. The number of nitrogens with two attached hydrogens (primary N) is 1. The smallest absolute Gasteiger partial charge is 0.262 e. The molecule has 108 valence electrons. The first-order valence-electron chi connectivity index (χ1n) is 6.61. The molecule has 1 aliphatic heterocycles. The lowest BCUT2D eigenvalue weighted by Crippen LogP contribution is -2.25. The molecule has 3 rings (SSSR count). The second kappa shape index (κ2) is 5.70. The largest absolute Gasteiger partial charge is 0.491 e. The van der Waals surface area contributed by atoms with E-state index in [0.29, 0.717) is 35.9 Å². The van der Waals surface area contributed by atoms with Gasteiger partial charge in [0, 0.05) is 30.4 Å². The molecule has 6 nitrogen and oxygen atoms in total. The molecule has 0 aliphatic carbocycles. The number of anilines is 2. The van der Waals surface area contributed by atoms with Crippen LogP contribution in [0.1, 0.15) is 5.69 Å². The van der Waals surface area contributed by atoms with Gasteiger partial charge in [0.2, 0.25) is 0 Å². The summed E-state index contributed by atoms with van der Waals surface area (Å²) in [6.45, 7) is 0.459. The van der Waals surface area contributed by atoms with E-state index in [1.807, 2.05) is 18.2 Å². The normalized spacial score (nSPS) is 13.0. The maximum atomic E-state index is 11.3. The number of fused-ring (bicyclic) bond motifs is 1. The molecule has 6 heteroatoms. The molecule has 1 amide bonds. The van der Waals surface area contributed by atoms with Gasteiger partial charge in [-0.3, -0.25) is 9.78 Å². The van der Waals surface area contributed by atoms with Crippen LogP contribution in [0.4, 0.5) is 11.4 Å². The Balaban J connectivity index is 1.68. The van der Waals surface area contributed by atoms with Gasteiger partial charge in [-0.05, 0) is 12.1 Å². The fraction of sp³-hybridized carbons (Fsp3) is 0.200. The van der Waals surface area contributed by atoms with Gasteiger partial charge in [-0.15, -0.1) is 0 Å². The minimum Gasteiger partial charge on any atom is -0.491 e. The Morgan fingerprint density at radius 3 is 3.10 bits per heavy atom. The van der Waals surface area contributed by atoms with Crippen molar-refractivity contribution in [3.8, 4) is 11.5 Å². The average molecular weight is 285 g/mol. The van der Waals surface area contributed by atoms with Crippen LogP contribution in [0.2, 0.25) is 0 Å². The number of rotatable bonds is 4. The monoisotopic (exact) mass is 285 g/mol. The fourth-order valence-corrected chi connectivity index (χ4v) is 2.06. The first-order chi connectivity index (χ1) is 10.2. The van der Waals surface area contributed by atoms with Crippen molar-refractivity contribution in [3.63, 3.8) is 0 Å². The van der Waals surface area contributed by atoms with E-state index in [9.17, 15) is 4.79 Å². The van der Waals surface area contributed by atoms with Crippen LogP contribution in [0, 0.1) is 0 Å². The van der Waals surface area contributed by atoms with Gasteiger partial charge in [0.1, 0.15) is 11.5 Å². The fourth-order valence-electron chi connectivity index (χ4n) is 2.06. The molecule has 0 fully saturated rings. The second-order valence-corrected chi connectivity index (χ2v) is 4.64. The highest BCUT2D eigenvalue weighted by molar-refractivity contribution is 5.96. The molecule has 0 bridgehead atoms. The Hall–Kier alpha value is -2.76. The third-order valence-corrected chi connectivity index (χ3v) is 3.09. The van der Waals surface area contributed by atoms with E-state index in [1.165, 1.54) is 0 Å². The van der Waals surface area contributed by atoms with E-state index in [0.717, 1.165) is 5.69 Å². The number of benzene rings is 1. The Morgan fingerprint density at radius 2 is 2.29 bits per heavy atom. The summed E-state index contributed by atoms with van der Waals surface area (Å²) in [6.07, 6.45) is 2.43. The van der Waals surface area contributed by atoms with Crippen molar-refractivity contribution < 1.29 is 14.3 Å². The number of carbonyl (C=O) groups excluding carboxylic acids is 1. The molecule has 0 unspecified atom stereocenters. The number of amides is 1. The SMILES string of the molecule is Nc1cc2c(cc1OCCc1ccccn1)NC(=O)CO2. The topological polar surface area (TPSA) is 86.5 Å². The van der Waals surface area contributed by atoms with Gasteiger partial charge in [-0.2, -0.15) is 0 Å². The van der Waals surface area contributed by atoms with E-state index >= 15 is 0 Å². The second-order valence-electron chi connectivity index (χ2n) is 4.64. The molecule has 0 saturated carbocycles. The molecule has 3 N–H and O–H groups in total. The van der Waals surface area contributed by atoms with Gasteiger partial charge in [-0.25, -0.2) is 0 Å². The molecule has 2 heterocycles. The molecule has 0 saturated heterocycles. The lowest BCUT2D eigenvalue weighted by Gasteiger charge is -2.20. The molecule has 1 aromatic heterocycles. The van der Waals surface area contributed by atoms with Crippen LogP contribution in [0.15, 0.2) is 36.5 Å². The zero-order valence-corrected chi connectivity index (χ0v) is 11.3. The minimum absolute atomic E-state index is 0.00627. The Labute approximate surface area is 121 Å². The zero-order valence-electron chi connectivity index (χ0n) is 11.3. The number of ether oxygens (including phenoxy) is 2. The van der Waals surface area contributed by atoms with Gasteiger partial charge in [-0.1, -0.05) is 6.07 Å². The van der Waals surface area contributed by atoms with Crippen molar-refractivity contribution in [1.29, 1.82) is 0 Å². The van der Waals surface area contributed by atoms with Gasteiger partial charge >= 0.3 is 0 Å². The quantitative estimate of drug-likeness (QED) is 0.834. The Kier molecular flexibility index (Phi) is 3.59. The third-order valence-electron chi connectivity index (χ3n) is 3.09. The summed E-state index contributed by atoms with van der Waals surface area (Å²) < 4.78 is 11.0. The standard InChI is InChI=1S/C15H15N3O3/c16-11-7-14-12(18-15(19)9-21-14)8-13(11)20-6-4-10-3-1-2-5-17-10/h1-3,5,7-8H,4,6,9,16H2,(H,18,19). The number of hydrogen-bond acceptors (Lipinski definition) is 5. The number of pyridine rings is 1.